The molecule has 2 aromatic carbocycles. The zero-order valence-electron chi connectivity index (χ0n) is 12.0. The van der Waals surface area contributed by atoms with Gasteiger partial charge in [-0.05, 0) is 49.6 Å². The van der Waals surface area contributed by atoms with Gasteiger partial charge in [0.1, 0.15) is 0 Å². The molecule has 1 aliphatic heterocycles. The Balaban J connectivity index is 1.85. The lowest BCUT2D eigenvalue weighted by Crippen LogP contribution is -2.26. The van der Waals surface area contributed by atoms with Crippen molar-refractivity contribution in [2.45, 2.75) is 31.8 Å². The second-order valence-electron chi connectivity index (χ2n) is 5.65. The van der Waals surface area contributed by atoms with Gasteiger partial charge in [0.05, 0.1) is 0 Å². The summed E-state index contributed by atoms with van der Waals surface area (Å²) in [5.74, 6) is 0. The Morgan fingerprint density at radius 2 is 1.90 bits per heavy atom. The van der Waals surface area contributed by atoms with Crippen molar-refractivity contribution in [2.75, 3.05) is 12.3 Å². The minimum atomic E-state index is 0.409. The topological polar surface area (TPSA) is 29.3 Å². The van der Waals surface area contributed by atoms with Crippen molar-refractivity contribution in [2.24, 2.45) is 0 Å². The molecule has 2 unspecified atom stereocenters. The molecule has 0 amide bonds. The Hall–Kier alpha value is -1.80. The van der Waals surface area contributed by atoms with Crippen molar-refractivity contribution in [3.63, 3.8) is 0 Å². The van der Waals surface area contributed by atoms with Crippen LogP contribution in [0.4, 0.5) is 5.69 Å². The lowest BCUT2D eigenvalue weighted by molar-refractivity contribution is 0.194. The second kappa shape index (κ2) is 5.68. The lowest BCUT2D eigenvalue weighted by atomic mass is 10.0. The van der Waals surface area contributed by atoms with Crippen LogP contribution in [0.5, 0.6) is 0 Å². The summed E-state index contributed by atoms with van der Waals surface area (Å²) in [6.45, 7) is 3.45. The maximum absolute atomic E-state index is 5.92. The summed E-state index contributed by atoms with van der Waals surface area (Å²) >= 11 is 0. The van der Waals surface area contributed by atoms with Crippen molar-refractivity contribution in [1.82, 2.24) is 4.90 Å². The van der Waals surface area contributed by atoms with Gasteiger partial charge in [-0.2, -0.15) is 0 Å². The normalized spacial score (nSPS) is 20.9. The van der Waals surface area contributed by atoms with E-state index in [-0.39, 0.29) is 0 Å². The highest BCUT2D eigenvalue weighted by atomic mass is 15.2. The van der Waals surface area contributed by atoms with Gasteiger partial charge in [0.25, 0.3) is 0 Å². The fourth-order valence-corrected chi connectivity index (χ4v) is 3.30. The molecule has 2 nitrogen and oxygen atoms in total. The Morgan fingerprint density at radius 3 is 2.65 bits per heavy atom. The minimum Gasteiger partial charge on any atom is -0.399 e. The smallest absolute Gasteiger partial charge is 0.0354 e. The van der Waals surface area contributed by atoms with Crippen LogP contribution in [0.25, 0.3) is 0 Å². The zero-order valence-corrected chi connectivity index (χ0v) is 12.0. The van der Waals surface area contributed by atoms with E-state index >= 15 is 0 Å². The fourth-order valence-electron chi connectivity index (χ4n) is 3.30. The van der Waals surface area contributed by atoms with E-state index in [1.165, 1.54) is 24.0 Å². The molecule has 0 radical (unpaired) electrons. The van der Waals surface area contributed by atoms with Crippen molar-refractivity contribution >= 4 is 5.69 Å². The van der Waals surface area contributed by atoms with E-state index in [1.807, 2.05) is 6.07 Å². The van der Waals surface area contributed by atoms with Gasteiger partial charge in [0, 0.05) is 17.8 Å². The summed E-state index contributed by atoms with van der Waals surface area (Å²) in [6.07, 6.45) is 2.52. The molecule has 20 heavy (non-hydrogen) atoms. The Bertz CT molecular complexity index is 565. The number of benzene rings is 2. The molecule has 2 N–H and O–H groups in total. The molecule has 1 heterocycles. The maximum Gasteiger partial charge on any atom is 0.0354 e. The molecule has 1 aliphatic rings. The molecule has 0 spiro atoms. The minimum absolute atomic E-state index is 0.409. The van der Waals surface area contributed by atoms with Crippen molar-refractivity contribution in [1.29, 1.82) is 0 Å². The third-order valence-corrected chi connectivity index (χ3v) is 4.37. The van der Waals surface area contributed by atoms with E-state index in [2.05, 4.69) is 60.4 Å². The standard InChI is InChI=1S/C18H22N2/c1-14(16-9-5-10-17(19)13-16)20-12-6-11-18(20)15-7-3-2-4-8-15/h2-5,7-10,13-14,18H,6,11-12,19H2,1H3. The predicted octanol–water partition coefficient (Wildman–Crippen LogP) is 4.17. The van der Waals surface area contributed by atoms with Crippen LogP contribution in [0, 0.1) is 0 Å². The van der Waals surface area contributed by atoms with E-state index in [9.17, 15) is 0 Å². The summed E-state index contributed by atoms with van der Waals surface area (Å²) in [7, 11) is 0. The van der Waals surface area contributed by atoms with Gasteiger partial charge >= 0.3 is 0 Å². The van der Waals surface area contributed by atoms with E-state index in [0.717, 1.165) is 12.2 Å². The number of nitrogens with zero attached hydrogens (tertiary/aromatic N) is 1. The number of hydrogen-bond acceptors (Lipinski definition) is 2. The Labute approximate surface area is 121 Å². The van der Waals surface area contributed by atoms with Crippen molar-refractivity contribution < 1.29 is 0 Å². The number of nitrogen functional groups attached to an aromatic ring is 1. The third-order valence-electron chi connectivity index (χ3n) is 4.37. The molecule has 0 aromatic heterocycles. The van der Waals surface area contributed by atoms with Crippen LogP contribution in [0.15, 0.2) is 54.6 Å². The second-order valence-corrected chi connectivity index (χ2v) is 5.65. The Morgan fingerprint density at radius 1 is 1.10 bits per heavy atom. The molecule has 1 fully saturated rings. The first kappa shape index (κ1) is 13.2. The van der Waals surface area contributed by atoms with E-state index in [4.69, 9.17) is 5.73 Å². The van der Waals surface area contributed by atoms with Crippen LogP contribution in [0.2, 0.25) is 0 Å². The summed E-state index contributed by atoms with van der Waals surface area (Å²) in [6, 6.07) is 20.1. The average Bonchev–Trinajstić information content (AvgIpc) is 2.97. The first-order valence-electron chi connectivity index (χ1n) is 7.42. The van der Waals surface area contributed by atoms with E-state index in [1.54, 1.807) is 0 Å². The van der Waals surface area contributed by atoms with Gasteiger partial charge in [-0.25, -0.2) is 0 Å². The SMILES string of the molecule is CC(c1cccc(N)c1)N1CCCC1c1ccccc1. The molecule has 2 atom stereocenters. The number of hydrogen-bond donors (Lipinski definition) is 1. The summed E-state index contributed by atoms with van der Waals surface area (Å²) in [5, 5.41) is 0. The molecule has 104 valence electrons. The van der Waals surface area contributed by atoms with Crippen LogP contribution in [-0.2, 0) is 0 Å². The lowest BCUT2D eigenvalue weighted by Gasteiger charge is -2.31. The van der Waals surface area contributed by atoms with Crippen molar-refractivity contribution in [3.05, 3.63) is 65.7 Å². The third kappa shape index (κ3) is 2.56. The number of nitrogens with two attached hydrogens (primary N) is 1. The molecule has 1 saturated heterocycles. The van der Waals surface area contributed by atoms with Crippen LogP contribution in [-0.4, -0.2) is 11.4 Å². The predicted molar refractivity (Wildman–Crippen MR) is 84.4 cm³/mol. The Kier molecular flexibility index (Phi) is 3.75. The van der Waals surface area contributed by atoms with E-state index in [0.29, 0.717) is 12.1 Å². The maximum atomic E-state index is 5.92. The van der Waals surface area contributed by atoms with Crippen molar-refractivity contribution in [3.8, 4) is 0 Å². The molecule has 2 aromatic rings. The molecular formula is C18H22N2. The number of rotatable bonds is 3. The molecule has 0 aliphatic carbocycles. The van der Waals surface area contributed by atoms with Gasteiger partial charge in [0.15, 0.2) is 0 Å². The van der Waals surface area contributed by atoms with Crippen LogP contribution in [0.1, 0.15) is 43.0 Å². The number of anilines is 1. The number of likely N-dealkylation sites (tertiary alicyclic amines) is 1. The highest BCUT2D eigenvalue weighted by Crippen LogP contribution is 2.38. The largest absolute Gasteiger partial charge is 0.399 e. The zero-order chi connectivity index (χ0) is 13.9. The first-order valence-corrected chi connectivity index (χ1v) is 7.42. The molecule has 2 heteroatoms. The summed E-state index contributed by atoms with van der Waals surface area (Å²) in [4.78, 5) is 2.60. The fraction of sp³-hybridized carbons (Fsp3) is 0.333. The monoisotopic (exact) mass is 266 g/mol. The van der Waals surface area contributed by atoms with Gasteiger partial charge < -0.3 is 5.73 Å². The molecule has 0 saturated carbocycles. The van der Waals surface area contributed by atoms with Gasteiger partial charge in [0.2, 0.25) is 0 Å². The highest BCUT2D eigenvalue weighted by molar-refractivity contribution is 5.41. The summed E-state index contributed by atoms with van der Waals surface area (Å²) in [5.41, 5.74) is 9.52. The van der Waals surface area contributed by atoms with Gasteiger partial charge in [-0.15, -0.1) is 0 Å². The average molecular weight is 266 g/mol. The first-order chi connectivity index (χ1) is 9.75. The highest BCUT2D eigenvalue weighted by Gasteiger charge is 2.30. The van der Waals surface area contributed by atoms with Gasteiger partial charge in [-0.3, -0.25) is 4.90 Å². The summed E-state index contributed by atoms with van der Waals surface area (Å²) < 4.78 is 0. The van der Waals surface area contributed by atoms with Gasteiger partial charge in [-0.1, -0.05) is 42.5 Å². The molecule has 0 bridgehead atoms. The van der Waals surface area contributed by atoms with Crippen LogP contribution in [0.3, 0.4) is 0 Å². The molecular weight excluding hydrogens is 244 g/mol. The van der Waals surface area contributed by atoms with E-state index < -0.39 is 0 Å². The molecule has 3 rings (SSSR count). The van der Waals surface area contributed by atoms with Crippen LogP contribution < -0.4 is 5.73 Å². The quantitative estimate of drug-likeness (QED) is 0.845. The van der Waals surface area contributed by atoms with Crippen LogP contribution >= 0.6 is 0 Å².